The molecule has 0 spiro atoms. The SMILES string of the molecule is CC(C)(C)CN(CCO)Cc1ccc(C#N)cc1. The summed E-state index contributed by atoms with van der Waals surface area (Å²) in [7, 11) is 0. The lowest BCUT2D eigenvalue weighted by atomic mass is 9.96. The van der Waals surface area contributed by atoms with Crippen LogP contribution in [0, 0.1) is 16.7 Å². The second-order valence-electron chi connectivity index (χ2n) is 5.80. The molecule has 3 nitrogen and oxygen atoms in total. The van der Waals surface area contributed by atoms with Crippen molar-refractivity contribution in [3.05, 3.63) is 35.4 Å². The van der Waals surface area contributed by atoms with E-state index in [1.165, 1.54) is 5.56 Å². The van der Waals surface area contributed by atoms with Crippen LogP contribution in [-0.2, 0) is 6.54 Å². The average Bonchev–Trinajstić information content (AvgIpc) is 2.28. The molecule has 0 aliphatic carbocycles. The van der Waals surface area contributed by atoms with E-state index in [0.717, 1.165) is 13.1 Å². The smallest absolute Gasteiger partial charge is 0.0991 e. The Balaban J connectivity index is 2.67. The van der Waals surface area contributed by atoms with E-state index in [1.807, 2.05) is 24.3 Å². The van der Waals surface area contributed by atoms with Gasteiger partial charge in [0.2, 0.25) is 0 Å². The molecule has 0 bridgehead atoms. The lowest BCUT2D eigenvalue weighted by Gasteiger charge is -2.29. The van der Waals surface area contributed by atoms with Gasteiger partial charge >= 0.3 is 0 Å². The van der Waals surface area contributed by atoms with Crippen LogP contribution in [0.2, 0.25) is 0 Å². The van der Waals surface area contributed by atoms with Crippen LogP contribution in [0.15, 0.2) is 24.3 Å². The fraction of sp³-hybridized carbons (Fsp3) is 0.533. The molecule has 0 radical (unpaired) electrons. The molecule has 1 aromatic rings. The van der Waals surface area contributed by atoms with E-state index in [2.05, 4.69) is 31.7 Å². The molecule has 1 rings (SSSR count). The van der Waals surface area contributed by atoms with Crippen LogP contribution in [0.1, 0.15) is 31.9 Å². The van der Waals surface area contributed by atoms with Crippen molar-refractivity contribution >= 4 is 0 Å². The zero-order valence-corrected chi connectivity index (χ0v) is 11.5. The van der Waals surface area contributed by atoms with Crippen LogP contribution >= 0.6 is 0 Å². The summed E-state index contributed by atoms with van der Waals surface area (Å²) in [5.74, 6) is 0. The monoisotopic (exact) mass is 246 g/mol. The van der Waals surface area contributed by atoms with Gasteiger partial charge in [-0.1, -0.05) is 32.9 Å². The van der Waals surface area contributed by atoms with Gasteiger partial charge in [0.15, 0.2) is 0 Å². The first-order valence-corrected chi connectivity index (χ1v) is 6.27. The number of aliphatic hydroxyl groups excluding tert-OH is 1. The van der Waals surface area contributed by atoms with Crippen molar-refractivity contribution in [1.29, 1.82) is 5.26 Å². The minimum absolute atomic E-state index is 0.173. The number of hydrogen-bond acceptors (Lipinski definition) is 3. The molecule has 0 heterocycles. The van der Waals surface area contributed by atoms with E-state index >= 15 is 0 Å². The predicted molar refractivity (Wildman–Crippen MR) is 73.0 cm³/mol. The Kier molecular flexibility index (Phi) is 5.33. The van der Waals surface area contributed by atoms with E-state index < -0.39 is 0 Å². The molecule has 0 aliphatic rings. The van der Waals surface area contributed by atoms with Gasteiger partial charge in [-0.3, -0.25) is 4.90 Å². The summed E-state index contributed by atoms with van der Waals surface area (Å²) in [5, 5.41) is 17.9. The summed E-state index contributed by atoms with van der Waals surface area (Å²) in [6, 6.07) is 9.75. The summed E-state index contributed by atoms with van der Waals surface area (Å²) in [6.45, 7) is 9.17. The van der Waals surface area contributed by atoms with Gasteiger partial charge in [0, 0.05) is 19.6 Å². The van der Waals surface area contributed by atoms with Crippen molar-refractivity contribution in [3.8, 4) is 6.07 Å². The number of aliphatic hydroxyl groups is 1. The minimum Gasteiger partial charge on any atom is -0.395 e. The van der Waals surface area contributed by atoms with Crippen molar-refractivity contribution in [2.75, 3.05) is 19.7 Å². The quantitative estimate of drug-likeness (QED) is 0.867. The van der Waals surface area contributed by atoms with Crippen LogP contribution in [0.25, 0.3) is 0 Å². The summed E-state index contributed by atoms with van der Waals surface area (Å²) in [6.07, 6.45) is 0. The highest BCUT2D eigenvalue weighted by Crippen LogP contribution is 2.17. The molecular weight excluding hydrogens is 224 g/mol. The maximum Gasteiger partial charge on any atom is 0.0991 e. The summed E-state index contributed by atoms with van der Waals surface area (Å²) in [4.78, 5) is 2.24. The zero-order chi connectivity index (χ0) is 13.6. The van der Waals surface area contributed by atoms with E-state index in [0.29, 0.717) is 12.1 Å². The summed E-state index contributed by atoms with van der Waals surface area (Å²) < 4.78 is 0. The van der Waals surface area contributed by atoms with E-state index in [-0.39, 0.29) is 12.0 Å². The Morgan fingerprint density at radius 3 is 2.28 bits per heavy atom. The number of nitrogens with zero attached hydrogens (tertiary/aromatic N) is 2. The zero-order valence-electron chi connectivity index (χ0n) is 11.5. The van der Waals surface area contributed by atoms with Crippen molar-refractivity contribution in [2.45, 2.75) is 27.3 Å². The average molecular weight is 246 g/mol. The van der Waals surface area contributed by atoms with Crippen molar-refractivity contribution in [2.24, 2.45) is 5.41 Å². The second-order valence-corrected chi connectivity index (χ2v) is 5.80. The fourth-order valence-corrected chi connectivity index (χ4v) is 1.97. The Bertz CT molecular complexity index is 398. The summed E-state index contributed by atoms with van der Waals surface area (Å²) >= 11 is 0. The van der Waals surface area contributed by atoms with Crippen LogP contribution in [-0.4, -0.2) is 29.7 Å². The molecule has 0 atom stereocenters. The molecule has 0 aliphatic heterocycles. The van der Waals surface area contributed by atoms with Crippen molar-refractivity contribution < 1.29 is 5.11 Å². The van der Waals surface area contributed by atoms with Crippen LogP contribution in [0.4, 0.5) is 0 Å². The maximum atomic E-state index is 9.11. The molecule has 0 saturated carbocycles. The molecule has 98 valence electrons. The molecule has 0 unspecified atom stereocenters. The topological polar surface area (TPSA) is 47.3 Å². The third-order valence-electron chi connectivity index (χ3n) is 2.60. The van der Waals surface area contributed by atoms with E-state index in [9.17, 15) is 0 Å². The number of nitriles is 1. The summed E-state index contributed by atoms with van der Waals surface area (Å²) in [5.41, 5.74) is 2.07. The van der Waals surface area contributed by atoms with Crippen LogP contribution < -0.4 is 0 Å². The van der Waals surface area contributed by atoms with Crippen molar-refractivity contribution in [1.82, 2.24) is 4.90 Å². The minimum atomic E-state index is 0.173. The first-order chi connectivity index (χ1) is 8.44. The molecule has 0 saturated heterocycles. The lowest BCUT2D eigenvalue weighted by Crippen LogP contribution is -2.34. The van der Waals surface area contributed by atoms with Gasteiger partial charge in [-0.2, -0.15) is 5.26 Å². The molecule has 1 aromatic carbocycles. The largest absolute Gasteiger partial charge is 0.395 e. The Morgan fingerprint density at radius 1 is 1.22 bits per heavy atom. The molecule has 0 fully saturated rings. The van der Waals surface area contributed by atoms with Gasteiger partial charge in [-0.05, 0) is 23.1 Å². The first kappa shape index (κ1) is 14.7. The second kappa shape index (κ2) is 6.53. The number of hydrogen-bond donors (Lipinski definition) is 1. The van der Waals surface area contributed by atoms with Gasteiger partial charge < -0.3 is 5.11 Å². The molecular formula is C15H22N2O. The van der Waals surface area contributed by atoms with Crippen LogP contribution in [0.5, 0.6) is 0 Å². The van der Waals surface area contributed by atoms with E-state index in [1.54, 1.807) is 0 Å². The highest BCUT2D eigenvalue weighted by atomic mass is 16.3. The highest BCUT2D eigenvalue weighted by molar-refractivity contribution is 5.31. The Hall–Kier alpha value is -1.37. The number of rotatable bonds is 5. The highest BCUT2D eigenvalue weighted by Gasteiger charge is 2.16. The molecule has 18 heavy (non-hydrogen) atoms. The van der Waals surface area contributed by atoms with Gasteiger partial charge in [0.05, 0.1) is 18.2 Å². The normalized spacial score (nSPS) is 11.6. The molecule has 0 amide bonds. The molecule has 1 N–H and O–H groups in total. The van der Waals surface area contributed by atoms with Gasteiger partial charge in [0.25, 0.3) is 0 Å². The molecule has 0 aromatic heterocycles. The maximum absolute atomic E-state index is 9.11. The van der Waals surface area contributed by atoms with Gasteiger partial charge in [-0.15, -0.1) is 0 Å². The first-order valence-electron chi connectivity index (χ1n) is 6.27. The Labute approximate surface area is 110 Å². The van der Waals surface area contributed by atoms with Gasteiger partial charge in [-0.25, -0.2) is 0 Å². The third-order valence-corrected chi connectivity index (χ3v) is 2.60. The molecule has 3 heteroatoms. The van der Waals surface area contributed by atoms with Crippen LogP contribution in [0.3, 0.4) is 0 Å². The van der Waals surface area contributed by atoms with Gasteiger partial charge in [0.1, 0.15) is 0 Å². The standard InChI is InChI=1S/C15H22N2O/c1-15(2,3)12-17(8-9-18)11-14-6-4-13(10-16)5-7-14/h4-7,18H,8-9,11-12H2,1-3H3. The lowest BCUT2D eigenvalue weighted by molar-refractivity contribution is 0.146. The number of benzene rings is 1. The fourth-order valence-electron chi connectivity index (χ4n) is 1.97. The van der Waals surface area contributed by atoms with E-state index in [4.69, 9.17) is 10.4 Å². The Morgan fingerprint density at radius 2 is 1.83 bits per heavy atom. The third kappa shape index (κ3) is 5.31. The van der Waals surface area contributed by atoms with Crippen molar-refractivity contribution in [3.63, 3.8) is 0 Å². The predicted octanol–water partition coefficient (Wildman–Crippen LogP) is 2.40.